The zero-order valence-corrected chi connectivity index (χ0v) is 12.2. The summed E-state index contributed by atoms with van der Waals surface area (Å²) >= 11 is 0. The van der Waals surface area contributed by atoms with Crippen LogP contribution in [0.4, 0.5) is 0 Å². The van der Waals surface area contributed by atoms with Crippen molar-refractivity contribution in [2.75, 3.05) is 0 Å². The van der Waals surface area contributed by atoms with Gasteiger partial charge in [0, 0.05) is 0 Å². The van der Waals surface area contributed by atoms with E-state index in [2.05, 4.69) is 61.2 Å². The Morgan fingerprint density at radius 2 is 1.00 bits per heavy atom. The molecule has 0 spiro atoms. The van der Waals surface area contributed by atoms with Gasteiger partial charge in [0.2, 0.25) is 0 Å². The molecule has 0 fully saturated rings. The topological polar surface area (TPSA) is 23.8 Å². The summed E-state index contributed by atoms with van der Waals surface area (Å²) in [6, 6.07) is 26.6. The van der Waals surface area contributed by atoms with Crippen molar-refractivity contribution in [3.8, 4) is 28.3 Å². The monoisotopic (exact) mass is 281 g/mol. The van der Waals surface area contributed by atoms with Gasteiger partial charge in [0.1, 0.15) is 0 Å². The van der Waals surface area contributed by atoms with Gasteiger partial charge in [-0.05, 0) is 39.9 Å². The molecule has 3 aromatic carbocycles. The van der Waals surface area contributed by atoms with Gasteiger partial charge in [-0.1, -0.05) is 73.3 Å². The van der Waals surface area contributed by atoms with Crippen LogP contribution in [0.3, 0.4) is 0 Å². The van der Waals surface area contributed by atoms with Crippen LogP contribution in [-0.2, 0) is 0 Å². The lowest BCUT2D eigenvalue weighted by Gasteiger charge is -2.06. The van der Waals surface area contributed by atoms with E-state index < -0.39 is 0 Å². The van der Waals surface area contributed by atoms with Crippen LogP contribution in [0.5, 0.6) is 0 Å². The number of benzene rings is 3. The number of nitriles is 1. The third-order valence-electron chi connectivity index (χ3n) is 3.71. The van der Waals surface area contributed by atoms with E-state index in [4.69, 9.17) is 5.26 Å². The van der Waals surface area contributed by atoms with Crippen molar-refractivity contribution in [2.45, 2.75) is 0 Å². The molecule has 0 aliphatic rings. The molecule has 0 amide bonds. The van der Waals surface area contributed by atoms with Crippen molar-refractivity contribution in [1.82, 2.24) is 0 Å². The molecule has 1 heteroatoms. The summed E-state index contributed by atoms with van der Waals surface area (Å²) in [6.07, 6.45) is 1.85. The van der Waals surface area contributed by atoms with E-state index in [1.54, 1.807) is 0 Å². The van der Waals surface area contributed by atoms with Gasteiger partial charge in [-0.3, -0.25) is 0 Å². The molecule has 0 atom stereocenters. The lowest BCUT2D eigenvalue weighted by Crippen LogP contribution is -1.81. The summed E-state index contributed by atoms with van der Waals surface area (Å²) in [5.74, 6) is 0. The van der Waals surface area contributed by atoms with E-state index in [9.17, 15) is 0 Å². The number of rotatable bonds is 3. The molecule has 0 heterocycles. The molecule has 22 heavy (non-hydrogen) atoms. The molecule has 0 N–H and O–H groups in total. The zero-order chi connectivity index (χ0) is 15.4. The van der Waals surface area contributed by atoms with Gasteiger partial charge in [0.05, 0.1) is 11.6 Å². The van der Waals surface area contributed by atoms with Crippen LogP contribution in [0, 0.1) is 11.3 Å². The number of hydrogen-bond donors (Lipinski definition) is 0. The van der Waals surface area contributed by atoms with Crippen molar-refractivity contribution in [1.29, 1.82) is 5.26 Å². The summed E-state index contributed by atoms with van der Waals surface area (Å²) < 4.78 is 0. The summed E-state index contributed by atoms with van der Waals surface area (Å²) in [4.78, 5) is 0. The largest absolute Gasteiger partial charge is 0.192 e. The lowest BCUT2D eigenvalue weighted by atomic mass is 9.99. The first kappa shape index (κ1) is 13.9. The van der Waals surface area contributed by atoms with Crippen LogP contribution in [0.25, 0.3) is 28.3 Å². The highest BCUT2D eigenvalue weighted by Crippen LogP contribution is 2.25. The van der Waals surface area contributed by atoms with Gasteiger partial charge >= 0.3 is 0 Å². The molecule has 0 saturated carbocycles. The van der Waals surface area contributed by atoms with E-state index in [0.717, 1.165) is 16.7 Å². The van der Waals surface area contributed by atoms with E-state index in [1.807, 2.05) is 30.3 Å². The van der Waals surface area contributed by atoms with Gasteiger partial charge in [-0.25, -0.2) is 0 Å². The quantitative estimate of drug-likeness (QED) is 0.618. The molecule has 0 bridgehead atoms. The Morgan fingerprint density at radius 1 is 0.636 bits per heavy atom. The Labute approximate surface area is 130 Å². The standard InChI is InChI=1S/C21H15N/c1-2-16-3-7-18(8-4-16)20-11-13-21(14-12-20)19-9-5-17(15-22)6-10-19/h2-14H,1H2. The molecular weight excluding hydrogens is 266 g/mol. The number of hydrogen-bond acceptors (Lipinski definition) is 1. The molecule has 0 aliphatic heterocycles. The minimum absolute atomic E-state index is 0.683. The Balaban J connectivity index is 1.88. The smallest absolute Gasteiger partial charge is 0.0991 e. The van der Waals surface area contributed by atoms with Gasteiger partial charge in [0.25, 0.3) is 0 Å². The lowest BCUT2D eigenvalue weighted by molar-refractivity contribution is 1.48. The minimum atomic E-state index is 0.683. The van der Waals surface area contributed by atoms with Crippen LogP contribution in [0.15, 0.2) is 79.4 Å². The maximum atomic E-state index is 8.84. The van der Waals surface area contributed by atoms with Gasteiger partial charge < -0.3 is 0 Å². The predicted octanol–water partition coefficient (Wildman–Crippen LogP) is 5.54. The predicted molar refractivity (Wildman–Crippen MR) is 92.1 cm³/mol. The summed E-state index contributed by atoms with van der Waals surface area (Å²) in [5, 5.41) is 8.84. The van der Waals surface area contributed by atoms with Crippen molar-refractivity contribution >= 4 is 6.08 Å². The van der Waals surface area contributed by atoms with Crippen molar-refractivity contribution in [2.24, 2.45) is 0 Å². The molecule has 0 unspecified atom stereocenters. The Bertz CT molecular complexity index is 817. The Kier molecular flexibility index (Phi) is 3.85. The summed E-state index contributed by atoms with van der Waals surface area (Å²) in [6.45, 7) is 3.77. The molecular formula is C21H15N. The second-order valence-corrected chi connectivity index (χ2v) is 5.09. The molecule has 104 valence electrons. The first-order chi connectivity index (χ1) is 10.8. The van der Waals surface area contributed by atoms with E-state index in [1.165, 1.54) is 11.1 Å². The second-order valence-electron chi connectivity index (χ2n) is 5.09. The highest BCUT2D eigenvalue weighted by atomic mass is 14.2. The SMILES string of the molecule is C=Cc1ccc(-c2ccc(-c3ccc(C#N)cc3)cc2)cc1. The maximum Gasteiger partial charge on any atom is 0.0991 e. The van der Waals surface area contributed by atoms with E-state index in [0.29, 0.717) is 5.56 Å². The van der Waals surface area contributed by atoms with Crippen molar-refractivity contribution in [3.05, 3.63) is 90.5 Å². The van der Waals surface area contributed by atoms with Crippen LogP contribution in [-0.4, -0.2) is 0 Å². The molecule has 0 saturated heterocycles. The van der Waals surface area contributed by atoms with Gasteiger partial charge in [0.15, 0.2) is 0 Å². The fourth-order valence-electron chi connectivity index (χ4n) is 2.40. The van der Waals surface area contributed by atoms with Gasteiger partial charge in [-0.2, -0.15) is 5.26 Å². The van der Waals surface area contributed by atoms with Crippen LogP contribution >= 0.6 is 0 Å². The average Bonchev–Trinajstić information content (AvgIpc) is 2.62. The fourth-order valence-corrected chi connectivity index (χ4v) is 2.40. The first-order valence-electron chi connectivity index (χ1n) is 7.13. The zero-order valence-electron chi connectivity index (χ0n) is 12.2. The Hall–Kier alpha value is -3.11. The number of nitrogens with zero attached hydrogens (tertiary/aromatic N) is 1. The van der Waals surface area contributed by atoms with Crippen LogP contribution in [0.2, 0.25) is 0 Å². The summed E-state index contributed by atoms with van der Waals surface area (Å²) in [7, 11) is 0. The summed E-state index contributed by atoms with van der Waals surface area (Å²) in [5.41, 5.74) is 6.45. The van der Waals surface area contributed by atoms with Gasteiger partial charge in [-0.15, -0.1) is 0 Å². The highest BCUT2D eigenvalue weighted by molar-refractivity contribution is 5.71. The molecule has 3 aromatic rings. The molecule has 3 rings (SSSR count). The molecule has 0 radical (unpaired) electrons. The van der Waals surface area contributed by atoms with Crippen molar-refractivity contribution in [3.63, 3.8) is 0 Å². The maximum absolute atomic E-state index is 8.84. The van der Waals surface area contributed by atoms with Crippen molar-refractivity contribution < 1.29 is 0 Å². The Morgan fingerprint density at radius 3 is 1.36 bits per heavy atom. The fraction of sp³-hybridized carbons (Fsp3) is 0. The van der Waals surface area contributed by atoms with E-state index in [-0.39, 0.29) is 0 Å². The second kappa shape index (κ2) is 6.11. The first-order valence-corrected chi connectivity index (χ1v) is 7.13. The van der Waals surface area contributed by atoms with Crippen LogP contribution < -0.4 is 0 Å². The molecule has 1 nitrogen and oxygen atoms in total. The van der Waals surface area contributed by atoms with E-state index >= 15 is 0 Å². The normalized spacial score (nSPS) is 9.95. The third-order valence-corrected chi connectivity index (χ3v) is 3.71. The average molecular weight is 281 g/mol. The van der Waals surface area contributed by atoms with Crippen LogP contribution in [0.1, 0.15) is 11.1 Å². The molecule has 0 aliphatic carbocycles. The highest BCUT2D eigenvalue weighted by Gasteiger charge is 2.01. The third kappa shape index (κ3) is 2.82. The molecule has 0 aromatic heterocycles. The minimum Gasteiger partial charge on any atom is -0.192 e.